The molecule has 0 bridgehead atoms. The van der Waals surface area contributed by atoms with E-state index in [4.69, 9.17) is 9.47 Å². The fraction of sp³-hybridized carbons (Fsp3) is 0.571. The minimum absolute atomic E-state index is 0.0965. The predicted octanol–water partition coefficient (Wildman–Crippen LogP) is 2.48. The highest BCUT2D eigenvalue weighted by atomic mass is 16.5. The van der Waals surface area contributed by atoms with E-state index in [1.165, 1.54) is 5.56 Å². The Morgan fingerprint density at radius 2 is 2.18 bits per heavy atom. The first-order valence-electron chi connectivity index (χ1n) is 6.00. The van der Waals surface area contributed by atoms with E-state index in [2.05, 4.69) is 37.9 Å². The van der Waals surface area contributed by atoms with Crippen molar-refractivity contribution in [3.63, 3.8) is 0 Å². The quantitative estimate of drug-likeness (QED) is 0.786. The van der Waals surface area contributed by atoms with Crippen molar-refractivity contribution in [2.45, 2.75) is 25.6 Å². The molecule has 2 rings (SSSR count). The first kappa shape index (κ1) is 12.4. The van der Waals surface area contributed by atoms with Crippen molar-refractivity contribution >= 4 is 0 Å². The third-order valence-electron chi connectivity index (χ3n) is 3.06. The van der Waals surface area contributed by atoms with Crippen LogP contribution in [0.15, 0.2) is 24.3 Å². The summed E-state index contributed by atoms with van der Waals surface area (Å²) in [6.07, 6.45) is 0.124. The van der Waals surface area contributed by atoms with Gasteiger partial charge in [-0.3, -0.25) is 0 Å². The maximum atomic E-state index is 6.13. The molecule has 0 radical (unpaired) electrons. The monoisotopic (exact) mass is 235 g/mol. The molecule has 1 aliphatic rings. The molecule has 0 aromatic heterocycles. The molecule has 0 N–H and O–H groups in total. The van der Waals surface area contributed by atoms with Gasteiger partial charge in [0.05, 0.1) is 18.8 Å². The van der Waals surface area contributed by atoms with Gasteiger partial charge in [0.15, 0.2) is 0 Å². The van der Waals surface area contributed by atoms with Crippen molar-refractivity contribution in [1.29, 1.82) is 0 Å². The summed E-state index contributed by atoms with van der Waals surface area (Å²) in [6, 6.07) is 8.13. The van der Waals surface area contributed by atoms with Gasteiger partial charge in [-0.15, -0.1) is 0 Å². The van der Waals surface area contributed by atoms with Gasteiger partial charge in [-0.25, -0.2) is 0 Å². The molecule has 1 heterocycles. The molecule has 3 heteroatoms. The molecule has 0 saturated carbocycles. The van der Waals surface area contributed by atoms with Gasteiger partial charge in [-0.1, -0.05) is 12.1 Å². The van der Waals surface area contributed by atoms with E-state index in [1.54, 1.807) is 7.11 Å². The lowest BCUT2D eigenvalue weighted by Crippen LogP contribution is -2.47. The topological polar surface area (TPSA) is 21.7 Å². The van der Waals surface area contributed by atoms with Crippen LogP contribution in [0.2, 0.25) is 0 Å². The van der Waals surface area contributed by atoms with Crippen molar-refractivity contribution in [3.05, 3.63) is 29.8 Å². The summed E-state index contributed by atoms with van der Waals surface area (Å²) in [6.45, 7) is 6.16. The van der Waals surface area contributed by atoms with Gasteiger partial charge in [-0.2, -0.15) is 0 Å². The molecule has 3 nitrogen and oxygen atoms in total. The minimum atomic E-state index is -0.0965. The number of hydrogen-bond donors (Lipinski definition) is 0. The van der Waals surface area contributed by atoms with Crippen molar-refractivity contribution in [1.82, 2.24) is 4.90 Å². The van der Waals surface area contributed by atoms with Gasteiger partial charge in [0.2, 0.25) is 0 Å². The predicted molar refractivity (Wildman–Crippen MR) is 68.4 cm³/mol. The molecule has 1 atom stereocenters. The number of ether oxygens (including phenoxy) is 2. The number of benzene rings is 1. The Kier molecular flexibility index (Phi) is 3.40. The van der Waals surface area contributed by atoms with E-state index in [1.807, 2.05) is 12.1 Å². The molecule has 1 aromatic carbocycles. The number of nitrogens with zero attached hydrogens (tertiary/aromatic N) is 1. The molecule has 1 unspecified atom stereocenters. The van der Waals surface area contributed by atoms with E-state index in [0.717, 1.165) is 18.8 Å². The molecule has 94 valence electrons. The highest BCUT2D eigenvalue weighted by molar-refractivity contribution is 5.30. The second-order valence-electron chi connectivity index (χ2n) is 5.34. The SMILES string of the molecule is COc1cccc(C2CN(C)CC(C)(C)O2)c1. The van der Waals surface area contributed by atoms with E-state index >= 15 is 0 Å². The summed E-state index contributed by atoms with van der Waals surface area (Å²) in [5.41, 5.74) is 1.09. The van der Waals surface area contributed by atoms with Crippen molar-refractivity contribution in [2.75, 3.05) is 27.2 Å². The van der Waals surface area contributed by atoms with Crippen LogP contribution < -0.4 is 4.74 Å². The average molecular weight is 235 g/mol. The lowest BCUT2D eigenvalue weighted by molar-refractivity contribution is -0.132. The van der Waals surface area contributed by atoms with Gasteiger partial charge < -0.3 is 14.4 Å². The Balaban J connectivity index is 2.20. The number of morpholine rings is 1. The van der Waals surface area contributed by atoms with Crippen LogP contribution in [-0.4, -0.2) is 37.7 Å². The van der Waals surface area contributed by atoms with Crippen LogP contribution in [0.3, 0.4) is 0 Å². The molecular weight excluding hydrogens is 214 g/mol. The van der Waals surface area contributed by atoms with Crippen LogP contribution in [0.25, 0.3) is 0 Å². The zero-order chi connectivity index (χ0) is 12.5. The summed E-state index contributed by atoms with van der Waals surface area (Å²) in [5, 5.41) is 0. The van der Waals surface area contributed by atoms with E-state index < -0.39 is 0 Å². The van der Waals surface area contributed by atoms with E-state index in [-0.39, 0.29) is 11.7 Å². The zero-order valence-corrected chi connectivity index (χ0v) is 11.1. The molecule has 17 heavy (non-hydrogen) atoms. The summed E-state index contributed by atoms with van der Waals surface area (Å²) in [4.78, 5) is 2.31. The fourth-order valence-corrected chi connectivity index (χ4v) is 2.47. The van der Waals surface area contributed by atoms with Gasteiger partial charge in [0, 0.05) is 13.1 Å². The second kappa shape index (κ2) is 4.67. The van der Waals surface area contributed by atoms with Crippen LogP contribution >= 0.6 is 0 Å². The highest BCUT2D eigenvalue weighted by Crippen LogP contribution is 2.31. The first-order chi connectivity index (χ1) is 8.00. The molecule has 1 aromatic rings. The maximum absolute atomic E-state index is 6.13. The van der Waals surface area contributed by atoms with Crippen LogP contribution in [0.5, 0.6) is 5.75 Å². The van der Waals surface area contributed by atoms with Crippen LogP contribution in [-0.2, 0) is 4.74 Å². The third kappa shape index (κ3) is 2.99. The molecular formula is C14H21NO2. The minimum Gasteiger partial charge on any atom is -0.497 e. The van der Waals surface area contributed by atoms with Crippen LogP contribution in [0, 0.1) is 0 Å². The van der Waals surface area contributed by atoms with Crippen LogP contribution in [0.1, 0.15) is 25.5 Å². The number of likely N-dealkylation sites (N-methyl/N-ethyl adjacent to an activating group) is 1. The summed E-state index contributed by atoms with van der Waals surface area (Å²) in [7, 11) is 3.83. The molecule has 1 fully saturated rings. The summed E-state index contributed by atoms with van der Waals surface area (Å²) < 4.78 is 11.4. The number of hydrogen-bond acceptors (Lipinski definition) is 3. The zero-order valence-electron chi connectivity index (χ0n) is 11.1. The molecule has 1 saturated heterocycles. The van der Waals surface area contributed by atoms with Crippen LogP contribution in [0.4, 0.5) is 0 Å². The average Bonchev–Trinajstić information content (AvgIpc) is 2.26. The first-order valence-corrected chi connectivity index (χ1v) is 6.00. The molecule has 1 aliphatic heterocycles. The maximum Gasteiger partial charge on any atom is 0.119 e. The molecule has 0 spiro atoms. The fourth-order valence-electron chi connectivity index (χ4n) is 2.47. The van der Waals surface area contributed by atoms with Crippen molar-refractivity contribution < 1.29 is 9.47 Å². The smallest absolute Gasteiger partial charge is 0.119 e. The standard InChI is InChI=1S/C14H21NO2/c1-14(2)10-15(3)9-13(17-14)11-6-5-7-12(8-11)16-4/h5-8,13H,9-10H2,1-4H3. The van der Waals surface area contributed by atoms with E-state index in [0.29, 0.717) is 0 Å². The van der Waals surface area contributed by atoms with Gasteiger partial charge >= 0.3 is 0 Å². The van der Waals surface area contributed by atoms with Gasteiger partial charge in [0.25, 0.3) is 0 Å². The molecule has 0 amide bonds. The Bertz CT molecular complexity index is 390. The third-order valence-corrected chi connectivity index (χ3v) is 3.06. The normalized spacial score (nSPS) is 24.6. The summed E-state index contributed by atoms with van der Waals surface area (Å²) in [5.74, 6) is 0.886. The van der Waals surface area contributed by atoms with Crippen molar-refractivity contribution in [3.8, 4) is 5.75 Å². The molecule has 0 aliphatic carbocycles. The highest BCUT2D eigenvalue weighted by Gasteiger charge is 2.32. The van der Waals surface area contributed by atoms with Gasteiger partial charge in [-0.05, 0) is 38.6 Å². The lowest BCUT2D eigenvalue weighted by Gasteiger charge is -2.41. The Morgan fingerprint density at radius 3 is 2.82 bits per heavy atom. The Labute approximate surface area is 103 Å². The lowest BCUT2D eigenvalue weighted by atomic mass is 10.0. The second-order valence-corrected chi connectivity index (χ2v) is 5.34. The van der Waals surface area contributed by atoms with Gasteiger partial charge in [0.1, 0.15) is 5.75 Å². The van der Waals surface area contributed by atoms with E-state index in [9.17, 15) is 0 Å². The summed E-state index contributed by atoms with van der Waals surface area (Å²) >= 11 is 0. The number of methoxy groups -OCH3 is 1. The van der Waals surface area contributed by atoms with Crippen molar-refractivity contribution in [2.24, 2.45) is 0 Å². The Hall–Kier alpha value is -1.06. The largest absolute Gasteiger partial charge is 0.497 e. The Morgan fingerprint density at radius 1 is 1.41 bits per heavy atom. The number of rotatable bonds is 2.